The highest BCUT2D eigenvalue weighted by Gasteiger charge is 2.20. The summed E-state index contributed by atoms with van der Waals surface area (Å²) in [6, 6.07) is 3.77. The van der Waals surface area contributed by atoms with Crippen molar-refractivity contribution in [3.05, 3.63) is 16.9 Å². The van der Waals surface area contributed by atoms with E-state index in [1.165, 1.54) is 12.8 Å². The Bertz CT molecular complexity index is 645. The van der Waals surface area contributed by atoms with E-state index in [4.69, 9.17) is 21.7 Å². The monoisotopic (exact) mass is 293 g/mol. The normalized spacial score (nSPS) is 14.8. The van der Waals surface area contributed by atoms with Gasteiger partial charge in [0.25, 0.3) is 0 Å². The molecule has 0 spiro atoms. The summed E-state index contributed by atoms with van der Waals surface area (Å²) < 4.78 is 13.5. The van der Waals surface area contributed by atoms with Gasteiger partial charge in [-0.1, -0.05) is 0 Å². The van der Waals surface area contributed by atoms with Crippen molar-refractivity contribution in [1.82, 2.24) is 14.5 Å². The van der Waals surface area contributed by atoms with Crippen LogP contribution in [0, 0.1) is 10.7 Å². The van der Waals surface area contributed by atoms with Crippen molar-refractivity contribution >= 4 is 23.4 Å². The van der Waals surface area contributed by atoms with Gasteiger partial charge in [0.15, 0.2) is 10.4 Å². The van der Waals surface area contributed by atoms with Crippen LogP contribution >= 0.6 is 12.2 Å². The zero-order chi connectivity index (χ0) is 13.9. The summed E-state index contributed by atoms with van der Waals surface area (Å²) in [6.07, 6.45) is 3.60. The van der Waals surface area contributed by atoms with Crippen LogP contribution in [0.5, 0.6) is 5.88 Å². The van der Waals surface area contributed by atoms with Crippen LogP contribution in [0.15, 0.2) is 12.1 Å². The van der Waals surface area contributed by atoms with Crippen molar-refractivity contribution in [3.63, 3.8) is 0 Å². The average molecular weight is 293 g/mol. The standard InChI is InChI=1S/C14H19N3O2S/c1-18-12-6-5-11-13(16-12)17(14(20)15-11)7-2-8-19-9-10-3-4-10/h5-6,10H,2-4,7-9H2,1H3,(H,15,20). The summed E-state index contributed by atoms with van der Waals surface area (Å²) in [5.74, 6) is 1.42. The molecule has 0 amide bonds. The molecule has 1 aliphatic rings. The number of hydrogen-bond donors (Lipinski definition) is 1. The Morgan fingerprint density at radius 3 is 3.05 bits per heavy atom. The van der Waals surface area contributed by atoms with Crippen LogP contribution < -0.4 is 4.74 Å². The number of nitrogens with one attached hydrogen (secondary N) is 1. The van der Waals surface area contributed by atoms with Gasteiger partial charge in [0.1, 0.15) is 0 Å². The minimum atomic E-state index is 0.602. The number of aromatic amines is 1. The first kappa shape index (κ1) is 13.6. The first-order valence-electron chi connectivity index (χ1n) is 6.99. The number of fused-ring (bicyclic) bond motifs is 1. The highest BCUT2D eigenvalue weighted by atomic mass is 32.1. The van der Waals surface area contributed by atoms with Crippen molar-refractivity contribution in [2.45, 2.75) is 25.8 Å². The first-order valence-corrected chi connectivity index (χ1v) is 7.40. The number of aromatic nitrogens is 3. The average Bonchev–Trinajstić information content (AvgIpc) is 3.22. The highest BCUT2D eigenvalue weighted by molar-refractivity contribution is 7.71. The summed E-state index contributed by atoms with van der Waals surface area (Å²) >= 11 is 5.35. The second kappa shape index (κ2) is 5.93. The lowest BCUT2D eigenvalue weighted by molar-refractivity contribution is 0.119. The maximum absolute atomic E-state index is 5.65. The van der Waals surface area contributed by atoms with Crippen LogP contribution in [0.2, 0.25) is 0 Å². The number of H-pyrrole nitrogens is 1. The predicted octanol–water partition coefficient (Wildman–Crippen LogP) is 2.92. The largest absolute Gasteiger partial charge is 0.481 e. The Balaban J connectivity index is 1.65. The van der Waals surface area contributed by atoms with Gasteiger partial charge in [-0.25, -0.2) is 0 Å². The van der Waals surface area contributed by atoms with Crippen LogP contribution in [0.1, 0.15) is 19.3 Å². The second-order valence-corrected chi connectivity index (χ2v) is 5.57. The first-order chi connectivity index (χ1) is 9.78. The molecule has 0 aliphatic heterocycles. The zero-order valence-corrected chi connectivity index (χ0v) is 12.4. The zero-order valence-electron chi connectivity index (χ0n) is 11.6. The maximum Gasteiger partial charge on any atom is 0.215 e. The van der Waals surface area contributed by atoms with Crippen molar-refractivity contribution in [3.8, 4) is 5.88 Å². The molecule has 2 aromatic heterocycles. The summed E-state index contributed by atoms with van der Waals surface area (Å²) in [7, 11) is 1.62. The van der Waals surface area contributed by atoms with Crippen molar-refractivity contribution < 1.29 is 9.47 Å². The van der Waals surface area contributed by atoms with Crippen LogP contribution in [0.25, 0.3) is 11.2 Å². The third-order valence-electron chi connectivity index (χ3n) is 3.52. The van der Waals surface area contributed by atoms with Crippen LogP contribution in [-0.4, -0.2) is 34.9 Å². The summed E-state index contributed by atoms with van der Waals surface area (Å²) in [5.41, 5.74) is 1.78. The molecule has 0 radical (unpaired) electrons. The fourth-order valence-corrected chi connectivity index (χ4v) is 2.48. The van der Waals surface area contributed by atoms with Gasteiger partial charge >= 0.3 is 0 Å². The van der Waals surface area contributed by atoms with E-state index in [1.54, 1.807) is 7.11 Å². The Morgan fingerprint density at radius 2 is 2.30 bits per heavy atom. The molecule has 6 heteroatoms. The van der Waals surface area contributed by atoms with E-state index in [2.05, 4.69) is 9.97 Å². The molecule has 1 fully saturated rings. The molecule has 1 aliphatic carbocycles. The molecule has 0 atom stereocenters. The van der Waals surface area contributed by atoms with E-state index in [-0.39, 0.29) is 0 Å². The van der Waals surface area contributed by atoms with E-state index < -0.39 is 0 Å². The SMILES string of the molecule is COc1ccc2[nH]c(=S)n(CCCOCC3CC3)c2n1. The number of rotatable bonds is 7. The quantitative estimate of drug-likeness (QED) is 0.630. The number of hydrogen-bond acceptors (Lipinski definition) is 4. The van der Waals surface area contributed by atoms with Crippen molar-refractivity contribution in [1.29, 1.82) is 0 Å². The summed E-state index contributed by atoms with van der Waals surface area (Å²) in [5, 5.41) is 0. The molecule has 1 saturated carbocycles. The topological polar surface area (TPSA) is 52.1 Å². The summed E-state index contributed by atoms with van der Waals surface area (Å²) in [4.78, 5) is 7.62. The van der Waals surface area contributed by atoms with Crippen LogP contribution in [-0.2, 0) is 11.3 Å². The molecule has 0 unspecified atom stereocenters. The molecule has 108 valence electrons. The van der Waals surface area contributed by atoms with Crippen molar-refractivity contribution in [2.24, 2.45) is 5.92 Å². The predicted molar refractivity (Wildman–Crippen MR) is 79.6 cm³/mol. The van der Waals surface area contributed by atoms with E-state index in [0.29, 0.717) is 10.7 Å². The fourth-order valence-electron chi connectivity index (χ4n) is 2.19. The van der Waals surface area contributed by atoms with Gasteiger partial charge in [0.05, 0.1) is 12.6 Å². The van der Waals surface area contributed by atoms with Crippen LogP contribution in [0.3, 0.4) is 0 Å². The number of nitrogens with zero attached hydrogens (tertiary/aromatic N) is 2. The number of aryl methyl sites for hydroxylation is 1. The smallest absolute Gasteiger partial charge is 0.215 e. The van der Waals surface area contributed by atoms with Crippen molar-refractivity contribution in [2.75, 3.05) is 20.3 Å². The van der Waals surface area contributed by atoms with Gasteiger partial charge in [0, 0.05) is 25.8 Å². The van der Waals surface area contributed by atoms with Gasteiger partial charge in [-0.05, 0) is 43.5 Å². The molecule has 2 heterocycles. The van der Waals surface area contributed by atoms with E-state index in [9.17, 15) is 0 Å². The van der Waals surface area contributed by atoms with Gasteiger partial charge in [-0.15, -0.1) is 0 Å². The molecular weight excluding hydrogens is 274 g/mol. The molecule has 0 saturated heterocycles. The molecule has 5 nitrogen and oxygen atoms in total. The third kappa shape index (κ3) is 3.02. The number of ether oxygens (including phenoxy) is 2. The molecule has 3 rings (SSSR count). The van der Waals surface area contributed by atoms with Gasteiger partial charge in [0.2, 0.25) is 5.88 Å². The van der Waals surface area contributed by atoms with Crippen LogP contribution in [0.4, 0.5) is 0 Å². The lowest BCUT2D eigenvalue weighted by Gasteiger charge is -2.06. The Morgan fingerprint density at radius 1 is 1.45 bits per heavy atom. The number of imidazole rings is 1. The lowest BCUT2D eigenvalue weighted by atomic mass is 10.4. The molecule has 0 bridgehead atoms. The summed E-state index contributed by atoms with van der Waals surface area (Å²) in [6.45, 7) is 2.49. The molecule has 20 heavy (non-hydrogen) atoms. The maximum atomic E-state index is 5.65. The molecule has 1 N–H and O–H groups in total. The third-order valence-corrected chi connectivity index (χ3v) is 3.84. The minimum Gasteiger partial charge on any atom is -0.481 e. The van der Waals surface area contributed by atoms with E-state index in [0.717, 1.165) is 43.3 Å². The van der Waals surface area contributed by atoms with E-state index >= 15 is 0 Å². The lowest BCUT2D eigenvalue weighted by Crippen LogP contribution is -2.05. The number of methoxy groups -OCH3 is 1. The van der Waals surface area contributed by atoms with Gasteiger partial charge < -0.3 is 19.0 Å². The highest BCUT2D eigenvalue weighted by Crippen LogP contribution is 2.28. The second-order valence-electron chi connectivity index (χ2n) is 5.18. The van der Waals surface area contributed by atoms with Gasteiger partial charge in [-0.2, -0.15) is 4.98 Å². The fraction of sp³-hybridized carbons (Fsp3) is 0.571. The Kier molecular flexibility index (Phi) is 4.03. The van der Waals surface area contributed by atoms with E-state index in [1.807, 2.05) is 16.7 Å². The Hall–Kier alpha value is -1.40. The van der Waals surface area contributed by atoms with Gasteiger partial charge in [-0.3, -0.25) is 0 Å². The molecular formula is C14H19N3O2S. The minimum absolute atomic E-state index is 0.602. The molecule has 0 aromatic carbocycles. The number of pyridine rings is 1. The molecule has 2 aromatic rings. The Labute approximate surface area is 122 Å².